The molecule has 4 nitrogen and oxygen atoms in total. The summed E-state index contributed by atoms with van der Waals surface area (Å²) in [5, 5.41) is 10.2. The summed E-state index contributed by atoms with van der Waals surface area (Å²) in [6.45, 7) is 2.67. The van der Waals surface area contributed by atoms with Crippen molar-refractivity contribution in [2.24, 2.45) is 0 Å². The van der Waals surface area contributed by atoms with Crippen LogP contribution in [-0.4, -0.2) is 31.7 Å². The predicted molar refractivity (Wildman–Crippen MR) is 85.9 cm³/mol. The number of rotatable bonds is 4. The Morgan fingerprint density at radius 3 is 3.24 bits per heavy atom. The van der Waals surface area contributed by atoms with Gasteiger partial charge in [0.05, 0.1) is 13.2 Å². The number of fused-ring (bicyclic) bond motifs is 1. The second-order valence-corrected chi connectivity index (χ2v) is 6.46. The van der Waals surface area contributed by atoms with Gasteiger partial charge in [-0.2, -0.15) is 0 Å². The third-order valence-electron chi connectivity index (χ3n) is 3.52. The van der Waals surface area contributed by atoms with Gasteiger partial charge in [-0.3, -0.25) is 4.79 Å². The van der Waals surface area contributed by atoms with Gasteiger partial charge in [0, 0.05) is 35.3 Å². The molecule has 2 heterocycles. The van der Waals surface area contributed by atoms with Crippen molar-refractivity contribution in [1.82, 2.24) is 10.6 Å². The van der Waals surface area contributed by atoms with E-state index in [1.54, 1.807) is 11.3 Å². The standard InChI is InChI=1S/C15H17ClN2O2S/c16-11-1-2-14-13(5-11)10(9-21-14)7-18-15(19)6-12-8-20-4-3-17-12/h1-2,5,9,12,17H,3-4,6-8H2,(H,18,19)/t12-/m1/s1. The van der Waals surface area contributed by atoms with Crippen LogP contribution in [0.2, 0.25) is 5.02 Å². The molecule has 1 fully saturated rings. The minimum atomic E-state index is 0.0411. The molecule has 1 aromatic heterocycles. The third kappa shape index (κ3) is 3.74. The first-order chi connectivity index (χ1) is 10.2. The fraction of sp³-hybridized carbons (Fsp3) is 0.400. The normalized spacial score (nSPS) is 18.8. The number of ether oxygens (including phenoxy) is 1. The third-order valence-corrected chi connectivity index (χ3v) is 4.77. The average molecular weight is 325 g/mol. The van der Waals surface area contributed by atoms with Crippen LogP contribution in [0.4, 0.5) is 0 Å². The van der Waals surface area contributed by atoms with Gasteiger partial charge in [-0.05, 0) is 34.5 Å². The lowest BCUT2D eigenvalue weighted by molar-refractivity contribution is -0.122. The van der Waals surface area contributed by atoms with Crippen molar-refractivity contribution in [3.63, 3.8) is 0 Å². The number of hydrogen-bond acceptors (Lipinski definition) is 4. The zero-order chi connectivity index (χ0) is 14.7. The molecule has 6 heteroatoms. The Hall–Kier alpha value is -1.14. The summed E-state index contributed by atoms with van der Waals surface area (Å²) in [5.41, 5.74) is 1.11. The molecule has 21 heavy (non-hydrogen) atoms. The lowest BCUT2D eigenvalue weighted by Gasteiger charge is -2.23. The highest BCUT2D eigenvalue weighted by atomic mass is 35.5. The highest BCUT2D eigenvalue weighted by molar-refractivity contribution is 7.17. The first kappa shape index (κ1) is 14.8. The van der Waals surface area contributed by atoms with Gasteiger partial charge in [-0.25, -0.2) is 0 Å². The van der Waals surface area contributed by atoms with E-state index in [4.69, 9.17) is 16.3 Å². The number of amides is 1. The molecular formula is C15H17ClN2O2S. The Labute approximate surface area is 132 Å². The molecule has 112 valence electrons. The quantitative estimate of drug-likeness (QED) is 0.908. The molecule has 0 bridgehead atoms. The van der Waals surface area contributed by atoms with Crippen LogP contribution in [0.1, 0.15) is 12.0 Å². The van der Waals surface area contributed by atoms with E-state index < -0.39 is 0 Å². The SMILES string of the molecule is O=C(C[C@@H]1COCCN1)NCc1csc2ccc(Cl)cc12. The molecule has 1 atom stereocenters. The van der Waals surface area contributed by atoms with E-state index in [1.165, 1.54) is 4.70 Å². The zero-order valence-corrected chi connectivity index (χ0v) is 13.1. The van der Waals surface area contributed by atoms with E-state index in [0.29, 0.717) is 19.6 Å². The van der Waals surface area contributed by atoms with Crippen LogP contribution in [0, 0.1) is 0 Å². The smallest absolute Gasteiger partial charge is 0.221 e. The van der Waals surface area contributed by atoms with Gasteiger partial charge in [0.25, 0.3) is 0 Å². The van der Waals surface area contributed by atoms with Gasteiger partial charge in [-0.1, -0.05) is 11.6 Å². The average Bonchev–Trinajstić information content (AvgIpc) is 2.88. The first-order valence-corrected chi connectivity index (χ1v) is 8.21. The van der Waals surface area contributed by atoms with Crippen LogP contribution in [-0.2, 0) is 16.1 Å². The summed E-state index contributed by atoms with van der Waals surface area (Å²) in [5.74, 6) is 0.0411. The van der Waals surface area contributed by atoms with Crippen molar-refractivity contribution in [2.75, 3.05) is 19.8 Å². The Balaban J connectivity index is 1.58. The maximum atomic E-state index is 12.0. The molecule has 0 aliphatic carbocycles. The molecule has 1 saturated heterocycles. The Kier molecular flexibility index (Phi) is 4.75. The molecule has 1 aliphatic heterocycles. The Morgan fingerprint density at radius 1 is 1.52 bits per heavy atom. The van der Waals surface area contributed by atoms with Gasteiger partial charge in [0.1, 0.15) is 0 Å². The topological polar surface area (TPSA) is 50.4 Å². The first-order valence-electron chi connectivity index (χ1n) is 6.96. The van der Waals surface area contributed by atoms with Crippen molar-refractivity contribution in [3.8, 4) is 0 Å². The monoisotopic (exact) mass is 324 g/mol. The number of morpholine rings is 1. The van der Waals surface area contributed by atoms with Crippen LogP contribution in [0.5, 0.6) is 0 Å². The summed E-state index contributed by atoms with van der Waals surface area (Å²) < 4.78 is 6.53. The largest absolute Gasteiger partial charge is 0.378 e. The summed E-state index contributed by atoms with van der Waals surface area (Å²) in [6, 6.07) is 5.97. The fourth-order valence-corrected chi connectivity index (χ4v) is 3.55. The van der Waals surface area contributed by atoms with Crippen molar-refractivity contribution in [2.45, 2.75) is 19.0 Å². The highest BCUT2D eigenvalue weighted by Gasteiger charge is 2.16. The van der Waals surface area contributed by atoms with E-state index in [0.717, 1.165) is 29.1 Å². The lowest BCUT2D eigenvalue weighted by atomic mass is 10.1. The van der Waals surface area contributed by atoms with Crippen LogP contribution >= 0.6 is 22.9 Å². The molecule has 1 amide bonds. The number of hydrogen-bond donors (Lipinski definition) is 2. The van der Waals surface area contributed by atoms with E-state index in [1.807, 2.05) is 18.2 Å². The minimum absolute atomic E-state index is 0.0411. The van der Waals surface area contributed by atoms with E-state index in [-0.39, 0.29) is 11.9 Å². The van der Waals surface area contributed by atoms with Crippen molar-refractivity contribution < 1.29 is 9.53 Å². The summed E-state index contributed by atoms with van der Waals surface area (Å²) in [6.07, 6.45) is 0.447. The molecule has 0 radical (unpaired) electrons. The van der Waals surface area contributed by atoms with Crippen LogP contribution in [0.15, 0.2) is 23.6 Å². The highest BCUT2D eigenvalue weighted by Crippen LogP contribution is 2.28. The van der Waals surface area contributed by atoms with Gasteiger partial charge in [0.2, 0.25) is 5.91 Å². The second-order valence-electron chi connectivity index (χ2n) is 5.11. The zero-order valence-electron chi connectivity index (χ0n) is 11.5. The number of carbonyl (C=O) groups excluding carboxylic acids is 1. The molecule has 1 aromatic carbocycles. The van der Waals surface area contributed by atoms with E-state index in [2.05, 4.69) is 16.0 Å². The number of benzene rings is 1. The summed E-state index contributed by atoms with van der Waals surface area (Å²) >= 11 is 7.70. The number of thiophene rings is 1. The summed E-state index contributed by atoms with van der Waals surface area (Å²) in [7, 11) is 0. The summed E-state index contributed by atoms with van der Waals surface area (Å²) in [4.78, 5) is 12.0. The fourth-order valence-electron chi connectivity index (χ4n) is 2.43. The second kappa shape index (κ2) is 6.75. The number of nitrogens with one attached hydrogen (secondary N) is 2. The van der Waals surface area contributed by atoms with Gasteiger partial charge < -0.3 is 15.4 Å². The Morgan fingerprint density at radius 2 is 2.43 bits per heavy atom. The van der Waals surface area contributed by atoms with Crippen LogP contribution in [0.25, 0.3) is 10.1 Å². The number of carbonyl (C=O) groups is 1. The maximum Gasteiger partial charge on any atom is 0.221 e. The molecule has 2 N–H and O–H groups in total. The van der Waals surface area contributed by atoms with Crippen LogP contribution < -0.4 is 10.6 Å². The Bertz CT molecular complexity index is 638. The molecule has 1 aliphatic rings. The van der Waals surface area contributed by atoms with Crippen molar-refractivity contribution in [3.05, 3.63) is 34.2 Å². The maximum absolute atomic E-state index is 12.0. The van der Waals surface area contributed by atoms with Crippen molar-refractivity contribution >= 4 is 38.9 Å². The molecule has 0 unspecified atom stereocenters. The lowest BCUT2D eigenvalue weighted by Crippen LogP contribution is -2.44. The van der Waals surface area contributed by atoms with Crippen LogP contribution in [0.3, 0.4) is 0 Å². The minimum Gasteiger partial charge on any atom is -0.378 e. The molecule has 2 aromatic rings. The molecule has 0 saturated carbocycles. The molecule has 0 spiro atoms. The van der Waals surface area contributed by atoms with E-state index in [9.17, 15) is 4.79 Å². The van der Waals surface area contributed by atoms with Gasteiger partial charge in [-0.15, -0.1) is 11.3 Å². The molecular weight excluding hydrogens is 308 g/mol. The number of halogens is 1. The van der Waals surface area contributed by atoms with Crippen molar-refractivity contribution in [1.29, 1.82) is 0 Å². The van der Waals surface area contributed by atoms with Gasteiger partial charge >= 0.3 is 0 Å². The van der Waals surface area contributed by atoms with Gasteiger partial charge in [0.15, 0.2) is 0 Å². The van der Waals surface area contributed by atoms with E-state index >= 15 is 0 Å². The predicted octanol–water partition coefficient (Wildman–Crippen LogP) is 2.55. The molecule has 3 rings (SSSR count).